The second-order valence-corrected chi connectivity index (χ2v) is 2.13. The molecule has 0 aromatic rings. The Hall–Kier alpha value is 0.360. The molecule has 0 radical (unpaired) electrons. The summed E-state index contributed by atoms with van der Waals surface area (Å²) in [4.78, 5) is 9.88. The average Bonchev–Trinajstić information content (AvgIpc) is 1.85. The normalized spacial score (nSPS) is 8.09. The first kappa shape index (κ1) is 13.9. The van der Waals surface area contributed by atoms with E-state index in [-0.39, 0.29) is 42.4 Å². The molecule has 0 aliphatic carbocycles. The minimum absolute atomic E-state index is 0. The number of carbonyl (C=O) groups excluding carboxylic acids is 1. The second kappa shape index (κ2) is 8.46. The van der Waals surface area contributed by atoms with Crippen molar-refractivity contribution in [3.05, 3.63) is 0 Å². The van der Waals surface area contributed by atoms with Crippen LogP contribution >= 0.6 is 12.2 Å². The molecular weight excluding hydrogens is 175 g/mol. The summed E-state index contributed by atoms with van der Waals surface area (Å²) in [6.45, 7) is 2.29. The third-order valence-corrected chi connectivity index (χ3v) is 1.16. The Kier molecular flexibility index (Phi) is 10.7. The molecule has 0 heterocycles. The van der Waals surface area contributed by atoms with Gasteiger partial charge in [0.05, 0.1) is 6.61 Å². The van der Waals surface area contributed by atoms with Crippen molar-refractivity contribution in [3.63, 3.8) is 0 Å². The molecule has 11 heavy (non-hydrogen) atoms. The molecule has 0 saturated heterocycles. The van der Waals surface area contributed by atoms with Crippen LogP contribution in [0.2, 0.25) is 0 Å². The third-order valence-electron chi connectivity index (χ3n) is 0.839. The van der Waals surface area contributed by atoms with Crippen molar-refractivity contribution < 1.29 is 44.2 Å². The van der Waals surface area contributed by atoms with Crippen LogP contribution in [0.25, 0.3) is 0 Å². The maximum atomic E-state index is 9.88. The molecule has 0 rings (SSSR count). The van der Waals surface area contributed by atoms with Crippen LogP contribution in [0.3, 0.4) is 0 Å². The summed E-state index contributed by atoms with van der Waals surface area (Å²) in [6, 6.07) is 0. The first-order chi connectivity index (χ1) is 4.66. The zero-order chi connectivity index (χ0) is 7.98. The first-order valence-corrected chi connectivity index (χ1v) is 3.43. The van der Waals surface area contributed by atoms with Gasteiger partial charge in [0, 0.05) is 12.4 Å². The number of carbonyl (C=O) groups is 1. The van der Waals surface area contributed by atoms with Crippen LogP contribution in [-0.4, -0.2) is 17.6 Å². The molecule has 0 aliphatic rings. The number of thiocarbonyl (C=S) groups is 1. The zero-order valence-corrected chi connectivity index (χ0v) is 9.57. The second-order valence-electron chi connectivity index (χ2n) is 1.68. The van der Waals surface area contributed by atoms with Gasteiger partial charge >= 0.3 is 29.6 Å². The fraction of sp³-hybridized carbons (Fsp3) is 0.667. The van der Waals surface area contributed by atoms with Gasteiger partial charge < -0.3 is 14.6 Å². The van der Waals surface area contributed by atoms with Crippen molar-refractivity contribution in [2.45, 2.75) is 19.8 Å². The maximum Gasteiger partial charge on any atom is 1.00 e. The quantitative estimate of drug-likeness (QED) is 0.343. The Bertz CT molecular complexity index is 138. The Morgan fingerprint density at radius 2 is 2.09 bits per heavy atom. The van der Waals surface area contributed by atoms with E-state index in [0.717, 1.165) is 0 Å². The van der Waals surface area contributed by atoms with Crippen molar-refractivity contribution in [1.29, 1.82) is 0 Å². The Balaban J connectivity index is 0. The van der Waals surface area contributed by atoms with E-state index in [2.05, 4.69) is 12.2 Å². The summed E-state index contributed by atoms with van der Waals surface area (Å²) >= 11 is 4.66. The molecule has 0 aromatic carbocycles. The Labute approximate surface area is 93.4 Å². The van der Waals surface area contributed by atoms with E-state index in [0.29, 0.717) is 11.7 Å². The van der Waals surface area contributed by atoms with Gasteiger partial charge in [0.25, 0.3) is 0 Å². The SMILES string of the molecule is CCOC(=S)CCC(=O)[O-].[Na+]. The van der Waals surface area contributed by atoms with Crippen LogP contribution in [0.1, 0.15) is 19.8 Å². The fourth-order valence-corrected chi connectivity index (χ4v) is 0.657. The number of carboxylic acids is 1. The van der Waals surface area contributed by atoms with Crippen LogP contribution in [0, 0.1) is 0 Å². The van der Waals surface area contributed by atoms with Crippen molar-refractivity contribution in [1.82, 2.24) is 0 Å². The van der Waals surface area contributed by atoms with Gasteiger partial charge in [0.1, 0.15) is 0 Å². The molecule has 0 fully saturated rings. The van der Waals surface area contributed by atoms with E-state index < -0.39 is 5.97 Å². The Morgan fingerprint density at radius 1 is 1.55 bits per heavy atom. The van der Waals surface area contributed by atoms with Gasteiger partial charge in [-0.05, 0) is 25.6 Å². The number of carboxylic acid groups (broad SMARTS) is 1. The number of rotatable bonds is 4. The predicted octanol–water partition coefficient (Wildman–Crippen LogP) is -3.12. The van der Waals surface area contributed by atoms with Gasteiger partial charge in [-0.3, -0.25) is 0 Å². The molecule has 0 atom stereocenters. The Morgan fingerprint density at radius 3 is 2.45 bits per heavy atom. The molecule has 0 amide bonds. The standard InChI is InChI=1S/C6H10O3S.Na/c1-2-9-6(10)4-3-5(7)8;/h2-4H2,1H3,(H,7,8);/q;+1/p-1. The van der Waals surface area contributed by atoms with Crippen LogP contribution in [-0.2, 0) is 9.53 Å². The van der Waals surface area contributed by atoms with Crippen molar-refractivity contribution in [2.24, 2.45) is 0 Å². The van der Waals surface area contributed by atoms with Crippen LogP contribution in [0.15, 0.2) is 0 Å². The number of aliphatic carboxylic acids is 1. The average molecular weight is 184 g/mol. The maximum absolute atomic E-state index is 9.88. The molecule has 0 bridgehead atoms. The summed E-state index contributed by atoms with van der Waals surface area (Å²) < 4.78 is 4.83. The van der Waals surface area contributed by atoms with Crippen molar-refractivity contribution in [2.75, 3.05) is 6.61 Å². The van der Waals surface area contributed by atoms with Crippen LogP contribution in [0.4, 0.5) is 0 Å². The fourth-order valence-electron chi connectivity index (χ4n) is 0.437. The van der Waals surface area contributed by atoms with Gasteiger partial charge in [0.15, 0.2) is 5.05 Å². The molecule has 5 heteroatoms. The van der Waals surface area contributed by atoms with E-state index in [1.165, 1.54) is 0 Å². The third kappa shape index (κ3) is 10.4. The van der Waals surface area contributed by atoms with Crippen LogP contribution < -0.4 is 34.7 Å². The summed E-state index contributed by atoms with van der Waals surface area (Å²) in [5.41, 5.74) is 0. The minimum Gasteiger partial charge on any atom is -0.550 e. The molecule has 0 saturated carbocycles. The first-order valence-electron chi connectivity index (χ1n) is 3.02. The molecule has 3 nitrogen and oxygen atoms in total. The minimum atomic E-state index is -1.10. The molecule has 0 aliphatic heterocycles. The van der Waals surface area contributed by atoms with Crippen molar-refractivity contribution in [3.8, 4) is 0 Å². The molecular formula is C6H9NaO3S. The summed E-state index contributed by atoms with van der Waals surface area (Å²) in [5, 5.41) is 10.2. The van der Waals surface area contributed by atoms with E-state index in [9.17, 15) is 9.90 Å². The predicted molar refractivity (Wildman–Crippen MR) is 38.5 cm³/mol. The largest absolute Gasteiger partial charge is 1.00 e. The van der Waals surface area contributed by atoms with Gasteiger partial charge in [-0.25, -0.2) is 0 Å². The van der Waals surface area contributed by atoms with E-state index in [1.807, 2.05) is 0 Å². The summed E-state index contributed by atoms with van der Waals surface area (Å²) in [7, 11) is 0. The van der Waals surface area contributed by atoms with E-state index in [1.54, 1.807) is 6.92 Å². The summed E-state index contributed by atoms with van der Waals surface area (Å²) in [5.74, 6) is -1.10. The topological polar surface area (TPSA) is 49.4 Å². The molecule has 0 unspecified atom stereocenters. The van der Waals surface area contributed by atoms with Gasteiger partial charge in [-0.15, -0.1) is 0 Å². The number of ether oxygens (including phenoxy) is 1. The molecule has 0 aromatic heterocycles. The van der Waals surface area contributed by atoms with Gasteiger partial charge in [-0.2, -0.15) is 0 Å². The van der Waals surface area contributed by atoms with E-state index >= 15 is 0 Å². The zero-order valence-electron chi connectivity index (χ0n) is 6.75. The van der Waals surface area contributed by atoms with Gasteiger partial charge in [-0.1, -0.05) is 0 Å². The molecule has 0 spiro atoms. The number of hydrogen-bond donors (Lipinski definition) is 0. The monoisotopic (exact) mass is 184 g/mol. The van der Waals surface area contributed by atoms with Gasteiger partial charge in [0.2, 0.25) is 0 Å². The molecule has 0 N–H and O–H groups in total. The van der Waals surface area contributed by atoms with Crippen LogP contribution in [0.5, 0.6) is 0 Å². The van der Waals surface area contributed by atoms with E-state index in [4.69, 9.17) is 4.74 Å². The summed E-state index contributed by atoms with van der Waals surface area (Å²) in [6.07, 6.45) is 0.213. The van der Waals surface area contributed by atoms with Crippen molar-refractivity contribution >= 4 is 23.2 Å². The molecule has 58 valence electrons. The smallest absolute Gasteiger partial charge is 0.550 e. The number of hydrogen-bond acceptors (Lipinski definition) is 4.